The number of ether oxygens (including phenoxy) is 1. The van der Waals surface area contributed by atoms with Gasteiger partial charge in [-0.05, 0) is 41.1 Å². The number of hydrogen-bond acceptors (Lipinski definition) is 3. The molecule has 2 aromatic rings. The number of benzene rings is 1. The highest BCUT2D eigenvalue weighted by molar-refractivity contribution is 9.10. The van der Waals surface area contributed by atoms with Gasteiger partial charge in [0.2, 0.25) is 0 Å². The molecule has 1 N–H and O–H groups in total. The minimum absolute atomic E-state index is 0.0735. The van der Waals surface area contributed by atoms with Gasteiger partial charge in [0.05, 0.1) is 11.6 Å². The van der Waals surface area contributed by atoms with Crippen LogP contribution >= 0.6 is 15.9 Å². The Bertz CT molecular complexity index is 778. The van der Waals surface area contributed by atoms with Gasteiger partial charge in [0, 0.05) is 16.8 Å². The van der Waals surface area contributed by atoms with Gasteiger partial charge in [-0.2, -0.15) is 5.26 Å². The van der Waals surface area contributed by atoms with Crippen LogP contribution in [0.3, 0.4) is 0 Å². The molecule has 0 aliphatic rings. The number of rotatable bonds is 2. The van der Waals surface area contributed by atoms with Gasteiger partial charge >= 0.3 is 0 Å². The van der Waals surface area contributed by atoms with E-state index in [4.69, 9.17) is 10.00 Å². The quantitative estimate of drug-likeness (QED) is 0.916. The van der Waals surface area contributed by atoms with E-state index in [1.54, 1.807) is 13.0 Å². The Hall–Kier alpha value is -2.13. The van der Waals surface area contributed by atoms with Gasteiger partial charge in [0.1, 0.15) is 23.2 Å². The van der Waals surface area contributed by atoms with Crippen LogP contribution in [0.1, 0.15) is 11.3 Å². The molecule has 0 radical (unpaired) electrons. The highest BCUT2D eigenvalue weighted by Gasteiger charge is 2.16. The number of aromatic nitrogens is 1. The lowest BCUT2D eigenvalue weighted by Gasteiger charge is -2.11. The van der Waals surface area contributed by atoms with Crippen molar-refractivity contribution in [1.29, 1.82) is 5.26 Å². The lowest BCUT2D eigenvalue weighted by molar-refractivity contribution is 0.415. The molecule has 0 saturated heterocycles. The van der Waals surface area contributed by atoms with Crippen molar-refractivity contribution in [1.82, 2.24) is 4.98 Å². The highest BCUT2D eigenvalue weighted by Crippen LogP contribution is 2.35. The van der Waals surface area contributed by atoms with Crippen LogP contribution < -0.4 is 10.3 Å². The molecule has 0 spiro atoms. The van der Waals surface area contributed by atoms with Crippen molar-refractivity contribution >= 4 is 15.9 Å². The molecule has 0 saturated carbocycles. The highest BCUT2D eigenvalue weighted by atomic mass is 79.9. The Morgan fingerprint density at radius 3 is 2.65 bits per heavy atom. The summed E-state index contributed by atoms with van der Waals surface area (Å²) >= 11 is 3.07. The van der Waals surface area contributed by atoms with E-state index < -0.39 is 11.4 Å². The minimum atomic E-state index is -0.507. The number of H-pyrrole nitrogens is 1. The summed E-state index contributed by atoms with van der Waals surface area (Å²) in [6, 6.07) is 6.15. The largest absolute Gasteiger partial charge is 0.496 e. The van der Waals surface area contributed by atoms with Gasteiger partial charge in [-0.1, -0.05) is 0 Å². The summed E-state index contributed by atoms with van der Waals surface area (Å²) in [5.41, 5.74) is 0.703. The van der Waals surface area contributed by atoms with E-state index in [0.29, 0.717) is 22.6 Å². The van der Waals surface area contributed by atoms with Crippen molar-refractivity contribution in [3.8, 4) is 22.9 Å². The zero-order valence-electron chi connectivity index (χ0n) is 10.8. The summed E-state index contributed by atoms with van der Waals surface area (Å²) in [5, 5.41) is 9.13. The fourth-order valence-electron chi connectivity index (χ4n) is 1.92. The van der Waals surface area contributed by atoms with Crippen molar-refractivity contribution in [3.63, 3.8) is 0 Å². The minimum Gasteiger partial charge on any atom is -0.496 e. The van der Waals surface area contributed by atoms with Crippen LogP contribution in [0.2, 0.25) is 0 Å². The standard InChI is InChI=1S/C14H10BrFN2O2/c1-7-3-8(10(6-17)14(19)18-7)9-4-12(16)11(15)5-13(9)20-2/h3-5H,1-2H3,(H,18,19). The number of aromatic amines is 1. The van der Waals surface area contributed by atoms with Crippen LogP contribution in [-0.4, -0.2) is 12.1 Å². The number of nitrogens with zero attached hydrogens (tertiary/aromatic N) is 1. The van der Waals surface area contributed by atoms with Crippen LogP contribution in [-0.2, 0) is 0 Å². The molecule has 2 rings (SSSR count). The molecule has 1 heterocycles. The predicted molar refractivity (Wildman–Crippen MR) is 76.2 cm³/mol. The predicted octanol–water partition coefficient (Wildman–Crippen LogP) is 3.13. The second-order valence-corrected chi connectivity index (χ2v) is 5.00. The summed E-state index contributed by atoms with van der Waals surface area (Å²) < 4.78 is 19.2. The summed E-state index contributed by atoms with van der Waals surface area (Å²) in [6.07, 6.45) is 0. The Kier molecular flexibility index (Phi) is 3.91. The molecular formula is C14H10BrFN2O2. The Morgan fingerprint density at radius 2 is 2.05 bits per heavy atom. The second kappa shape index (κ2) is 5.47. The lowest BCUT2D eigenvalue weighted by atomic mass is 10.00. The summed E-state index contributed by atoms with van der Waals surface area (Å²) in [6.45, 7) is 1.69. The first-order valence-electron chi connectivity index (χ1n) is 5.65. The molecule has 6 heteroatoms. The first-order chi connectivity index (χ1) is 9.47. The fourth-order valence-corrected chi connectivity index (χ4v) is 2.24. The van der Waals surface area contributed by atoms with Gasteiger partial charge in [-0.3, -0.25) is 4.79 Å². The Labute approximate surface area is 123 Å². The van der Waals surface area contributed by atoms with Crippen molar-refractivity contribution in [2.24, 2.45) is 0 Å². The van der Waals surface area contributed by atoms with Crippen LogP contribution in [0.4, 0.5) is 4.39 Å². The summed E-state index contributed by atoms with van der Waals surface area (Å²) in [4.78, 5) is 14.3. The van der Waals surface area contributed by atoms with Crippen LogP contribution in [0.5, 0.6) is 5.75 Å². The van der Waals surface area contributed by atoms with E-state index >= 15 is 0 Å². The molecule has 4 nitrogen and oxygen atoms in total. The van der Waals surface area contributed by atoms with Gasteiger partial charge in [0.15, 0.2) is 0 Å². The zero-order chi connectivity index (χ0) is 14.9. The molecule has 0 aliphatic carbocycles. The molecule has 0 unspecified atom stereocenters. The maximum atomic E-state index is 13.7. The molecule has 0 bridgehead atoms. The third-order valence-electron chi connectivity index (χ3n) is 2.81. The van der Waals surface area contributed by atoms with Gasteiger partial charge < -0.3 is 9.72 Å². The normalized spacial score (nSPS) is 10.2. The van der Waals surface area contributed by atoms with E-state index in [2.05, 4.69) is 20.9 Å². The van der Waals surface area contributed by atoms with Gasteiger partial charge in [-0.25, -0.2) is 4.39 Å². The number of halogens is 2. The van der Waals surface area contributed by atoms with Crippen LogP contribution in [0.25, 0.3) is 11.1 Å². The second-order valence-electron chi connectivity index (χ2n) is 4.15. The van der Waals surface area contributed by atoms with Crippen molar-refractivity contribution < 1.29 is 9.13 Å². The average molecular weight is 337 g/mol. The Balaban J connectivity index is 2.85. The van der Waals surface area contributed by atoms with E-state index in [1.807, 2.05) is 6.07 Å². The van der Waals surface area contributed by atoms with E-state index in [-0.39, 0.29) is 10.0 Å². The van der Waals surface area contributed by atoms with E-state index in [1.165, 1.54) is 19.2 Å². The maximum absolute atomic E-state index is 13.7. The van der Waals surface area contributed by atoms with E-state index in [9.17, 15) is 9.18 Å². The van der Waals surface area contributed by atoms with E-state index in [0.717, 1.165) is 0 Å². The van der Waals surface area contributed by atoms with Crippen molar-refractivity contribution in [2.75, 3.05) is 7.11 Å². The molecule has 102 valence electrons. The summed E-state index contributed by atoms with van der Waals surface area (Å²) in [7, 11) is 1.44. The summed E-state index contributed by atoms with van der Waals surface area (Å²) in [5.74, 6) is -0.123. The molecule has 0 aliphatic heterocycles. The SMILES string of the molecule is COc1cc(Br)c(F)cc1-c1cc(C)[nH]c(=O)c1C#N. The molecule has 0 amide bonds. The fraction of sp³-hybridized carbons (Fsp3) is 0.143. The van der Waals surface area contributed by atoms with Gasteiger partial charge in [0.25, 0.3) is 5.56 Å². The monoisotopic (exact) mass is 336 g/mol. The topological polar surface area (TPSA) is 65.9 Å². The molecule has 0 atom stereocenters. The lowest BCUT2D eigenvalue weighted by Crippen LogP contribution is -2.13. The number of aryl methyl sites for hydroxylation is 1. The first kappa shape index (κ1) is 14.3. The van der Waals surface area contributed by atoms with Gasteiger partial charge in [-0.15, -0.1) is 0 Å². The number of pyridine rings is 1. The molecule has 1 aromatic heterocycles. The molecule has 0 fully saturated rings. The molecule has 1 aromatic carbocycles. The number of methoxy groups -OCH3 is 1. The first-order valence-corrected chi connectivity index (χ1v) is 6.44. The van der Waals surface area contributed by atoms with Crippen LogP contribution in [0.15, 0.2) is 27.5 Å². The molecule has 20 heavy (non-hydrogen) atoms. The van der Waals surface area contributed by atoms with Crippen LogP contribution in [0, 0.1) is 24.1 Å². The third-order valence-corrected chi connectivity index (χ3v) is 3.42. The molecular weight excluding hydrogens is 327 g/mol. The average Bonchev–Trinajstić information content (AvgIpc) is 2.40. The third kappa shape index (κ3) is 2.45. The number of nitrogens with one attached hydrogen (secondary N) is 1. The zero-order valence-corrected chi connectivity index (χ0v) is 12.3. The van der Waals surface area contributed by atoms with Crippen molar-refractivity contribution in [2.45, 2.75) is 6.92 Å². The number of nitriles is 1. The van der Waals surface area contributed by atoms with Crippen molar-refractivity contribution in [3.05, 3.63) is 50.1 Å². The maximum Gasteiger partial charge on any atom is 0.266 e. The Morgan fingerprint density at radius 1 is 1.35 bits per heavy atom. The number of hydrogen-bond donors (Lipinski definition) is 1. The smallest absolute Gasteiger partial charge is 0.266 e.